The van der Waals surface area contributed by atoms with E-state index in [2.05, 4.69) is 67.8 Å². The summed E-state index contributed by atoms with van der Waals surface area (Å²) in [5.74, 6) is -0.178. The summed E-state index contributed by atoms with van der Waals surface area (Å²) in [5, 5.41) is 54.6. The van der Waals surface area contributed by atoms with Gasteiger partial charge in [-0.05, 0) is 57.8 Å². The van der Waals surface area contributed by atoms with Crippen molar-refractivity contribution in [3.05, 3.63) is 60.8 Å². The molecule has 0 radical (unpaired) electrons. The minimum atomic E-state index is -1.57. The zero-order valence-electron chi connectivity index (χ0n) is 45.3. The van der Waals surface area contributed by atoms with E-state index in [1.54, 1.807) is 6.08 Å². The third-order valence-corrected chi connectivity index (χ3v) is 13.8. The number of hydrogen-bond donors (Lipinski definition) is 6. The second-order valence-electron chi connectivity index (χ2n) is 20.4. The summed E-state index contributed by atoms with van der Waals surface area (Å²) in [6.07, 6.45) is 61.4. The molecule has 0 saturated carbocycles. The fraction of sp³-hybridized carbons (Fsp3) is 0.820. The Morgan fingerprint density at radius 3 is 1.31 bits per heavy atom. The van der Waals surface area contributed by atoms with Crippen molar-refractivity contribution in [2.45, 2.75) is 307 Å². The Balaban J connectivity index is 2.22. The van der Waals surface area contributed by atoms with Gasteiger partial charge in [0.15, 0.2) is 6.29 Å². The predicted octanol–water partition coefficient (Wildman–Crippen LogP) is 14.7. The summed E-state index contributed by atoms with van der Waals surface area (Å²) < 4.78 is 11.3. The van der Waals surface area contributed by atoms with E-state index in [1.165, 1.54) is 180 Å². The van der Waals surface area contributed by atoms with Gasteiger partial charge in [-0.15, -0.1) is 0 Å². The van der Waals surface area contributed by atoms with Crippen LogP contribution in [0, 0.1) is 0 Å². The smallest absolute Gasteiger partial charge is 0.220 e. The minimum absolute atomic E-state index is 0.178. The number of amides is 1. The molecule has 7 atom stereocenters. The number of aliphatic hydroxyl groups is 5. The third kappa shape index (κ3) is 39.4. The molecule has 6 N–H and O–H groups in total. The molecule has 0 aliphatic carbocycles. The number of aliphatic hydroxyl groups excluding tert-OH is 5. The average molecular weight is 987 g/mol. The van der Waals surface area contributed by atoms with Gasteiger partial charge >= 0.3 is 0 Å². The van der Waals surface area contributed by atoms with E-state index >= 15 is 0 Å². The molecule has 1 saturated heterocycles. The molecule has 0 aromatic rings. The summed E-state index contributed by atoms with van der Waals surface area (Å²) in [5.41, 5.74) is 0. The van der Waals surface area contributed by atoms with Crippen molar-refractivity contribution in [2.24, 2.45) is 0 Å². The summed E-state index contributed by atoms with van der Waals surface area (Å²) in [4.78, 5) is 13.1. The van der Waals surface area contributed by atoms with Crippen LogP contribution < -0.4 is 5.32 Å². The fourth-order valence-electron chi connectivity index (χ4n) is 9.21. The molecule has 0 aromatic heterocycles. The lowest BCUT2D eigenvalue weighted by atomic mass is 9.99. The number of carbonyl (C=O) groups is 1. The van der Waals surface area contributed by atoms with E-state index in [4.69, 9.17) is 9.47 Å². The lowest BCUT2D eigenvalue weighted by Gasteiger charge is -2.40. The van der Waals surface area contributed by atoms with E-state index in [1.807, 2.05) is 6.08 Å². The fourth-order valence-corrected chi connectivity index (χ4v) is 9.21. The maximum atomic E-state index is 13.1. The first-order chi connectivity index (χ1) is 34.3. The number of rotatable bonds is 50. The van der Waals surface area contributed by atoms with Gasteiger partial charge in [-0.1, -0.05) is 261 Å². The van der Waals surface area contributed by atoms with Crippen LogP contribution in [0.15, 0.2) is 60.8 Å². The number of nitrogens with one attached hydrogen (secondary N) is 1. The van der Waals surface area contributed by atoms with E-state index in [9.17, 15) is 30.3 Å². The number of carbonyl (C=O) groups excluding carboxylic acids is 1. The molecule has 7 unspecified atom stereocenters. The van der Waals surface area contributed by atoms with Crippen LogP contribution in [0.4, 0.5) is 0 Å². The first-order valence-electron chi connectivity index (χ1n) is 29.5. The normalized spacial score (nSPS) is 19.8. The van der Waals surface area contributed by atoms with Crippen molar-refractivity contribution in [3.63, 3.8) is 0 Å². The van der Waals surface area contributed by atoms with Gasteiger partial charge in [0.05, 0.1) is 25.4 Å². The number of allylic oxidation sites excluding steroid dienone is 9. The highest BCUT2D eigenvalue weighted by molar-refractivity contribution is 5.76. The second kappa shape index (κ2) is 50.4. The predicted molar refractivity (Wildman–Crippen MR) is 295 cm³/mol. The van der Waals surface area contributed by atoms with E-state index in [0.717, 1.165) is 64.2 Å². The highest BCUT2D eigenvalue weighted by Crippen LogP contribution is 2.23. The molecule has 1 amide bonds. The van der Waals surface area contributed by atoms with Crippen LogP contribution in [0.2, 0.25) is 0 Å². The Bertz CT molecular complexity index is 1280. The lowest BCUT2D eigenvalue weighted by molar-refractivity contribution is -0.302. The first-order valence-corrected chi connectivity index (χ1v) is 29.5. The van der Waals surface area contributed by atoms with Crippen molar-refractivity contribution in [3.8, 4) is 0 Å². The molecule has 408 valence electrons. The van der Waals surface area contributed by atoms with Crippen LogP contribution in [-0.4, -0.2) is 87.5 Å². The SMILES string of the molecule is CC/C=C\C/C=C\C/C=C\C/C=C\CCCCCCCCCCCCCCC(=O)NC(COC1OC(CO)C(O)C(O)C1O)C(O)/C=C/CCCCCCCCCCCCCCCCCCCCCC. The van der Waals surface area contributed by atoms with Gasteiger partial charge in [0.2, 0.25) is 5.91 Å². The highest BCUT2D eigenvalue weighted by atomic mass is 16.7. The maximum Gasteiger partial charge on any atom is 0.220 e. The van der Waals surface area contributed by atoms with Crippen LogP contribution in [-0.2, 0) is 14.3 Å². The minimum Gasteiger partial charge on any atom is -0.394 e. The summed E-state index contributed by atoms with van der Waals surface area (Å²) in [6, 6.07) is -0.809. The maximum absolute atomic E-state index is 13.1. The molecule has 9 heteroatoms. The van der Waals surface area contributed by atoms with Gasteiger partial charge in [0.1, 0.15) is 24.4 Å². The zero-order valence-corrected chi connectivity index (χ0v) is 45.3. The molecule has 1 heterocycles. The summed E-state index contributed by atoms with van der Waals surface area (Å²) in [6.45, 7) is 3.69. The van der Waals surface area contributed by atoms with Gasteiger partial charge in [0, 0.05) is 6.42 Å². The van der Waals surface area contributed by atoms with Gasteiger partial charge < -0.3 is 40.3 Å². The largest absolute Gasteiger partial charge is 0.394 e. The topological polar surface area (TPSA) is 149 Å². The molecular formula is C61H111NO8. The van der Waals surface area contributed by atoms with Gasteiger partial charge in [-0.2, -0.15) is 0 Å². The highest BCUT2D eigenvalue weighted by Gasteiger charge is 2.44. The standard InChI is InChI=1S/C61H111NO8/c1-3-5-7-9-11-13-15-17-19-21-23-25-27-28-29-31-33-35-37-39-41-43-45-47-49-51-57(65)62-54(53-69-61-60(68)59(67)58(66)56(52-63)70-61)55(64)50-48-46-44-42-40-38-36-34-32-30-26-24-22-20-18-16-14-12-10-8-6-4-2/h5,7,11,13,17,19,23,25,48,50,54-56,58-61,63-64,66-68H,3-4,6,8-10,12,14-16,18,20-22,24,26-47,49,51-53H2,1-2H3,(H,62,65)/b7-5-,13-11-,19-17-,25-23-,50-48+. The molecular weight excluding hydrogens is 875 g/mol. The van der Waals surface area contributed by atoms with Crippen molar-refractivity contribution in [1.82, 2.24) is 5.32 Å². The number of unbranched alkanes of at least 4 members (excludes halogenated alkanes) is 32. The Morgan fingerprint density at radius 2 is 0.886 bits per heavy atom. The molecule has 1 aliphatic rings. The van der Waals surface area contributed by atoms with Crippen LogP contribution >= 0.6 is 0 Å². The summed E-state index contributed by atoms with van der Waals surface area (Å²) in [7, 11) is 0. The van der Waals surface area contributed by atoms with Crippen LogP contribution in [0.25, 0.3) is 0 Å². The average Bonchev–Trinajstić information content (AvgIpc) is 3.36. The van der Waals surface area contributed by atoms with E-state index in [0.29, 0.717) is 6.42 Å². The Hall–Kier alpha value is -2.11. The zero-order chi connectivity index (χ0) is 50.8. The van der Waals surface area contributed by atoms with Crippen molar-refractivity contribution >= 4 is 5.91 Å². The Morgan fingerprint density at radius 1 is 0.500 bits per heavy atom. The van der Waals surface area contributed by atoms with Crippen LogP contribution in [0.3, 0.4) is 0 Å². The number of hydrogen-bond acceptors (Lipinski definition) is 8. The monoisotopic (exact) mass is 986 g/mol. The lowest BCUT2D eigenvalue weighted by Crippen LogP contribution is -2.60. The van der Waals surface area contributed by atoms with Gasteiger partial charge in [-0.3, -0.25) is 4.79 Å². The van der Waals surface area contributed by atoms with Gasteiger partial charge in [0.25, 0.3) is 0 Å². The first kappa shape index (κ1) is 65.9. The molecule has 1 rings (SSSR count). The van der Waals surface area contributed by atoms with Gasteiger partial charge in [-0.25, -0.2) is 0 Å². The molecule has 70 heavy (non-hydrogen) atoms. The molecule has 0 aromatic carbocycles. The van der Waals surface area contributed by atoms with Crippen molar-refractivity contribution in [2.75, 3.05) is 13.2 Å². The van der Waals surface area contributed by atoms with E-state index in [-0.39, 0.29) is 12.5 Å². The molecule has 9 nitrogen and oxygen atoms in total. The van der Waals surface area contributed by atoms with Crippen LogP contribution in [0.5, 0.6) is 0 Å². The molecule has 1 aliphatic heterocycles. The summed E-state index contributed by atoms with van der Waals surface area (Å²) >= 11 is 0. The van der Waals surface area contributed by atoms with Crippen molar-refractivity contribution < 1.29 is 39.8 Å². The van der Waals surface area contributed by atoms with Crippen molar-refractivity contribution in [1.29, 1.82) is 0 Å². The van der Waals surface area contributed by atoms with Crippen LogP contribution in [0.1, 0.15) is 264 Å². The Kier molecular flexibility index (Phi) is 47.5. The Labute approximate surface area is 430 Å². The molecule has 1 fully saturated rings. The second-order valence-corrected chi connectivity index (χ2v) is 20.4. The third-order valence-electron chi connectivity index (χ3n) is 13.8. The number of ether oxygens (including phenoxy) is 2. The molecule has 0 bridgehead atoms. The molecule has 0 spiro atoms. The van der Waals surface area contributed by atoms with E-state index < -0.39 is 49.5 Å². The quantitative estimate of drug-likeness (QED) is 0.0261.